The summed E-state index contributed by atoms with van der Waals surface area (Å²) in [7, 11) is 0. The Morgan fingerprint density at radius 2 is 2.14 bits per heavy atom. The summed E-state index contributed by atoms with van der Waals surface area (Å²) in [5.74, 6) is 0.103. The van der Waals surface area contributed by atoms with E-state index in [-0.39, 0.29) is 11.2 Å². The van der Waals surface area contributed by atoms with Crippen LogP contribution in [0.15, 0.2) is 35.5 Å². The molecule has 2 N–H and O–H groups in total. The molecule has 0 unspecified atom stereocenters. The van der Waals surface area contributed by atoms with Gasteiger partial charge in [-0.3, -0.25) is 4.79 Å². The molecule has 0 aliphatic heterocycles. The minimum absolute atomic E-state index is 0.103. The SMILES string of the molecule is Cc1[nH]c(S[C@H](C)C(=O)NC2CC2)nc1Cc1ccccc1. The number of benzene rings is 1. The Morgan fingerprint density at radius 3 is 2.82 bits per heavy atom. The van der Waals surface area contributed by atoms with Crippen LogP contribution in [-0.4, -0.2) is 27.2 Å². The van der Waals surface area contributed by atoms with Gasteiger partial charge in [-0.25, -0.2) is 4.98 Å². The topological polar surface area (TPSA) is 57.8 Å². The van der Waals surface area contributed by atoms with Crippen LogP contribution >= 0.6 is 11.8 Å². The van der Waals surface area contributed by atoms with Crippen LogP contribution < -0.4 is 5.32 Å². The van der Waals surface area contributed by atoms with E-state index in [1.165, 1.54) is 17.3 Å². The molecule has 116 valence electrons. The molecule has 5 heteroatoms. The highest BCUT2D eigenvalue weighted by Crippen LogP contribution is 2.25. The molecular weight excluding hydrogens is 294 g/mol. The molecule has 1 atom stereocenters. The molecule has 1 fully saturated rings. The first-order valence-electron chi connectivity index (χ1n) is 7.68. The number of nitrogens with zero attached hydrogens (tertiary/aromatic N) is 1. The van der Waals surface area contributed by atoms with E-state index in [0.29, 0.717) is 6.04 Å². The number of nitrogens with one attached hydrogen (secondary N) is 2. The van der Waals surface area contributed by atoms with E-state index < -0.39 is 0 Å². The van der Waals surface area contributed by atoms with Crippen molar-refractivity contribution in [3.63, 3.8) is 0 Å². The fraction of sp³-hybridized carbons (Fsp3) is 0.412. The van der Waals surface area contributed by atoms with Crippen LogP contribution in [0.25, 0.3) is 0 Å². The molecule has 1 aromatic carbocycles. The zero-order valence-electron chi connectivity index (χ0n) is 12.9. The van der Waals surface area contributed by atoms with Crippen molar-refractivity contribution >= 4 is 17.7 Å². The third kappa shape index (κ3) is 3.91. The highest BCUT2D eigenvalue weighted by Gasteiger charge is 2.26. The van der Waals surface area contributed by atoms with Gasteiger partial charge in [0.1, 0.15) is 0 Å². The van der Waals surface area contributed by atoms with Gasteiger partial charge in [0, 0.05) is 18.2 Å². The van der Waals surface area contributed by atoms with E-state index in [4.69, 9.17) is 0 Å². The molecule has 1 amide bonds. The molecule has 1 heterocycles. The van der Waals surface area contributed by atoms with Crippen molar-refractivity contribution in [2.24, 2.45) is 0 Å². The molecule has 0 bridgehead atoms. The Kier molecular flexibility index (Phi) is 4.52. The van der Waals surface area contributed by atoms with Gasteiger partial charge < -0.3 is 10.3 Å². The third-order valence-corrected chi connectivity index (χ3v) is 4.74. The number of hydrogen-bond donors (Lipinski definition) is 2. The Bertz CT molecular complexity index is 649. The standard InChI is InChI=1S/C17H21N3OS/c1-11-15(10-13-6-4-3-5-7-13)20-17(18-11)22-12(2)16(21)19-14-8-9-14/h3-7,12,14H,8-10H2,1-2H3,(H,18,20)(H,19,21)/t12-/m1/s1. The average Bonchev–Trinajstić information content (AvgIpc) is 3.25. The van der Waals surface area contributed by atoms with Gasteiger partial charge in [0.2, 0.25) is 5.91 Å². The van der Waals surface area contributed by atoms with Gasteiger partial charge in [-0.2, -0.15) is 0 Å². The minimum Gasteiger partial charge on any atom is -0.352 e. The van der Waals surface area contributed by atoms with Gasteiger partial charge in [-0.05, 0) is 32.3 Å². The van der Waals surface area contributed by atoms with E-state index in [0.717, 1.165) is 35.8 Å². The van der Waals surface area contributed by atoms with Crippen molar-refractivity contribution in [1.29, 1.82) is 0 Å². The molecule has 1 aliphatic carbocycles. The largest absolute Gasteiger partial charge is 0.352 e. The Labute approximate surface area is 135 Å². The van der Waals surface area contributed by atoms with Crippen LogP contribution in [0.2, 0.25) is 0 Å². The van der Waals surface area contributed by atoms with Crippen LogP contribution in [-0.2, 0) is 11.2 Å². The number of carbonyl (C=O) groups excluding carboxylic acids is 1. The van der Waals surface area contributed by atoms with Crippen molar-refractivity contribution in [3.8, 4) is 0 Å². The lowest BCUT2D eigenvalue weighted by molar-refractivity contribution is -0.120. The molecule has 2 aromatic rings. The molecule has 0 radical (unpaired) electrons. The minimum atomic E-state index is -0.129. The summed E-state index contributed by atoms with van der Waals surface area (Å²) in [6, 6.07) is 10.7. The number of imidazole rings is 1. The summed E-state index contributed by atoms with van der Waals surface area (Å²) in [5.41, 5.74) is 3.36. The van der Waals surface area contributed by atoms with E-state index in [1.54, 1.807) is 0 Å². The molecule has 0 spiro atoms. The van der Waals surface area contributed by atoms with Crippen molar-refractivity contribution < 1.29 is 4.79 Å². The molecule has 4 nitrogen and oxygen atoms in total. The van der Waals surface area contributed by atoms with Crippen molar-refractivity contribution in [3.05, 3.63) is 47.3 Å². The molecule has 1 aromatic heterocycles. The molecule has 3 rings (SSSR count). The summed E-state index contributed by atoms with van der Waals surface area (Å²) in [5, 5.41) is 3.73. The zero-order chi connectivity index (χ0) is 15.5. The Hall–Kier alpha value is -1.75. The number of amides is 1. The fourth-order valence-electron chi connectivity index (χ4n) is 2.25. The van der Waals surface area contributed by atoms with E-state index >= 15 is 0 Å². The molecular formula is C17H21N3OS. The second-order valence-corrected chi connectivity index (χ2v) is 7.15. The maximum atomic E-state index is 12.0. The van der Waals surface area contributed by atoms with Crippen LogP contribution in [0.5, 0.6) is 0 Å². The predicted octanol–water partition coefficient (Wildman–Crippen LogP) is 3.07. The number of hydrogen-bond acceptors (Lipinski definition) is 3. The summed E-state index contributed by atoms with van der Waals surface area (Å²) in [6.07, 6.45) is 3.04. The maximum absolute atomic E-state index is 12.0. The van der Waals surface area contributed by atoms with Crippen LogP contribution in [0, 0.1) is 6.92 Å². The van der Waals surface area contributed by atoms with Crippen LogP contribution in [0.4, 0.5) is 0 Å². The lowest BCUT2D eigenvalue weighted by Gasteiger charge is -2.09. The summed E-state index contributed by atoms with van der Waals surface area (Å²) >= 11 is 1.49. The number of aromatic amines is 1. The number of aromatic nitrogens is 2. The zero-order valence-corrected chi connectivity index (χ0v) is 13.7. The summed E-state index contributed by atoms with van der Waals surface area (Å²) in [4.78, 5) is 19.9. The first-order valence-corrected chi connectivity index (χ1v) is 8.56. The van der Waals surface area contributed by atoms with Crippen molar-refractivity contribution in [2.45, 2.75) is 49.6 Å². The lowest BCUT2D eigenvalue weighted by atomic mass is 10.1. The van der Waals surface area contributed by atoms with Crippen molar-refractivity contribution in [1.82, 2.24) is 15.3 Å². The second kappa shape index (κ2) is 6.57. The highest BCUT2D eigenvalue weighted by atomic mass is 32.2. The quantitative estimate of drug-likeness (QED) is 0.806. The lowest BCUT2D eigenvalue weighted by Crippen LogP contribution is -2.32. The molecule has 0 saturated heterocycles. The smallest absolute Gasteiger partial charge is 0.233 e. The first kappa shape index (κ1) is 15.2. The molecule has 22 heavy (non-hydrogen) atoms. The highest BCUT2D eigenvalue weighted by molar-refractivity contribution is 8.00. The molecule has 1 aliphatic rings. The number of carbonyl (C=O) groups is 1. The van der Waals surface area contributed by atoms with Gasteiger partial charge in [-0.1, -0.05) is 42.1 Å². The van der Waals surface area contributed by atoms with Gasteiger partial charge in [0.25, 0.3) is 0 Å². The van der Waals surface area contributed by atoms with Gasteiger partial charge in [-0.15, -0.1) is 0 Å². The van der Waals surface area contributed by atoms with Gasteiger partial charge >= 0.3 is 0 Å². The predicted molar refractivity (Wildman–Crippen MR) is 89.1 cm³/mol. The van der Waals surface area contributed by atoms with Gasteiger partial charge in [0.05, 0.1) is 10.9 Å². The van der Waals surface area contributed by atoms with E-state index in [1.807, 2.05) is 32.0 Å². The fourth-order valence-corrected chi connectivity index (χ4v) is 3.14. The Morgan fingerprint density at radius 1 is 1.41 bits per heavy atom. The van der Waals surface area contributed by atoms with Crippen molar-refractivity contribution in [2.75, 3.05) is 0 Å². The summed E-state index contributed by atoms with van der Waals surface area (Å²) in [6.45, 7) is 3.96. The Balaban J connectivity index is 1.62. The van der Waals surface area contributed by atoms with Crippen LogP contribution in [0.1, 0.15) is 36.7 Å². The number of rotatable bonds is 6. The average molecular weight is 315 g/mol. The third-order valence-electron chi connectivity index (χ3n) is 3.76. The maximum Gasteiger partial charge on any atom is 0.233 e. The number of aryl methyl sites for hydroxylation is 1. The first-order chi connectivity index (χ1) is 10.6. The van der Waals surface area contributed by atoms with E-state index in [2.05, 4.69) is 27.4 Å². The number of thioether (sulfide) groups is 1. The second-order valence-electron chi connectivity index (χ2n) is 5.82. The number of H-pyrrole nitrogens is 1. The monoisotopic (exact) mass is 315 g/mol. The summed E-state index contributed by atoms with van der Waals surface area (Å²) < 4.78 is 0. The van der Waals surface area contributed by atoms with Crippen LogP contribution in [0.3, 0.4) is 0 Å². The normalized spacial score (nSPS) is 15.5. The molecule has 1 saturated carbocycles. The van der Waals surface area contributed by atoms with E-state index in [9.17, 15) is 4.79 Å². The van der Waals surface area contributed by atoms with Gasteiger partial charge in [0.15, 0.2) is 5.16 Å².